The van der Waals surface area contributed by atoms with E-state index in [4.69, 9.17) is 15.2 Å². The van der Waals surface area contributed by atoms with Crippen LogP contribution in [0.25, 0.3) is 0 Å². The summed E-state index contributed by atoms with van der Waals surface area (Å²) in [5.74, 6) is 0.394. The summed E-state index contributed by atoms with van der Waals surface area (Å²) in [5, 5.41) is 0. The van der Waals surface area contributed by atoms with E-state index in [1.165, 1.54) is 0 Å². The zero-order valence-corrected chi connectivity index (χ0v) is 8.53. The quantitative estimate of drug-likeness (QED) is 0.777. The second-order valence-electron chi connectivity index (χ2n) is 3.56. The van der Waals surface area contributed by atoms with Gasteiger partial charge in [0.25, 0.3) is 0 Å². The number of benzene rings is 1. The number of nitrogens with two attached hydrogens (primary N) is 1. The molecule has 4 nitrogen and oxygen atoms in total. The largest absolute Gasteiger partial charge is 0.491 e. The fraction of sp³-hybridized carbons (Fsp3) is 0.364. The fourth-order valence-corrected chi connectivity index (χ4v) is 1.67. The van der Waals surface area contributed by atoms with Crippen LogP contribution in [0.4, 0.5) is 0 Å². The number of methoxy groups -OCH3 is 1. The van der Waals surface area contributed by atoms with E-state index >= 15 is 0 Å². The standard InChI is InChI=1S/C11H13NO3/c1-14-9-5-8-4-7(11(12)13)2-3-10(8)15-6-9/h2-4,9H,5-6H2,1H3,(H2,12,13). The molecule has 1 unspecified atom stereocenters. The van der Waals surface area contributed by atoms with Crippen LogP contribution in [0.5, 0.6) is 5.75 Å². The van der Waals surface area contributed by atoms with E-state index in [2.05, 4.69) is 0 Å². The molecule has 0 fully saturated rings. The maximum absolute atomic E-state index is 11.0. The van der Waals surface area contributed by atoms with Crippen molar-refractivity contribution in [2.75, 3.05) is 13.7 Å². The summed E-state index contributed by atoms with van der Waals surface area (Å²) in [6.07, 6.45) is 0.813. The van der Waals surface area contributed by atoms with Crippen molar-refractivity contribution in [1.82, 2.24) is 0 Å². The molecule has 1 amide bonds. The van der Waals surface area contributed by atoms with Crippen molar-refractivity contribution in [2.24, 2.45) is 5.73 Å². The van der Waals surface area contributed by atoms with Crippen molar-refractivity contribution < 1.29 is 14.3 Å². The number of ether oxygens (including phenoxy) is 2. The summed E-state index contributed by atoms with van der Waals surface area (Å²) in [6, 6.07) is 5.22. The number of hydrogen-bond donors (Lipinski definition) is 1. The predicted molar refractivity (Wildman–Crippen MR) is 55.0 cm³/mol. The Morgan fingerprint density at radius 1 is 1.60 bits per heavy atom. The van der Waals surface area contributed by atoms with E-state index in [0.29, 0.717) is 12.2 Å². The first-order valence-corrected chi connectivity index (χ1v) is 4.79. The zero-order valence-electron chi connectivity index (χ0n) is 8.53. The van der Waals surface area contributed by atoms with Crippen molar-refractivity contribution in [3.05, 3.63) is 29.3 Å². The van der Waals surface area contributed by atoms with Crippen LogP contribution >= 0.6 is 0 Å². The van der Waals surface area contributed by atoms with Crippen molar-refractivity contribution >= 4 is 5.91 Å². The number of amides is 1. The van der Waals surface area contributed by atoms with Gasteiger partial charge < -0.3 is 15.2 Å². The summed E-state index contributed by atoms with van der Waals surface area (Å²) in [5.41, 5.74) is 6.69. The van der Waals surface area contributed by atoms with Crippen LogP contribution < -0.4 is 10.5 Å². The Labute approximate surface area is 88.0 Å². The Morgan fingerprint density at radius 2 is 2.40 bits per heavy atom. The highest BCUT2D eigenvalue weighted by Gasteiger charge is 2.20. The Hall–Kier alpha value is -1.55. The molecule has 0 radical (unpaired) electrons. The molecule has 1 aliphatic heterocycles. The van der Waals surface area contributed by atoms with E-state index in [1.54, 1.807) is 25.3 Å². The Balaban J connectivity index is 2.30. The zero-order chi connectivity index (χ0) is 10.8. The predicted octanol–water partition coefficient (Wildman–Crippen LogP) is 0.735. The van der Waals surface area contributed by atoms with Gasteiger partial charge in [0.1, 0.15) is 12.4 Å². The van der Waals surface area contributed by atoms with E-state index < -0.39 is 5.91 Å². The van der Waals surface area contributed by atoms with Gasteiger partial charge in [0.05, 0.1) is 6.10 Å². The molecule has 0 aliphatic carbocycles. The molecule has 0 saturated heterocycles. The molecule has 4 heteroatoms. The highest BCUT2D eigenvalue weighted by Crippen LogP contribution is 2.26. The van der Waals surface area contributed by atoms with Crippen molar-refractivity contribution in [2.45, 2.75) is 12.5 Å². The van der Waals surface area contributed by atoms with Gasteiger partial charge in [-0.3, -0.25) is 4.79 Å². The van der Waals surface area contributed by atoms with Gasteiger partial charge in [-0.15, -0.1) is 0 Å². The molecular weight excluding hydrogens is 194 g/mol. The summed E-state index contributed by atoms with van der Waals surface area (Å²) in [7, 11) is 1.65. The van der Waals surface area contributed by atoms with Crippen LogP contribution in [0.2, 0.25) is 0 Å². The summed E-state index contributed by atoms with van der Waals surface area (Å²) in [4.78, 5) is 11.0. The van der Waals surface area contributed by atoms with E-state index in [9.17, 15) is 4.79 Å². The molecule has 1 aromatic rings. The highest BCUT2D eigenvalue weighted by molar-refractivity contribution is 5.93. The molecule has 1 aliphatic rings. The van der Waals surface area contributed by atoms with Crippen molar-refractivity contribution in [3.8, 4) is 5.75 Å². The van der Waals surface area contributed by atoms with Crippen LogP contribution in [-0.4, -0.2) is 25.7 Å². The minimum atomic E-state index is -0.419. The normalized spacial score (nSPS) is 19.1. The maximum atomic E-state index is 11.0. The number of carbonyl (C=O) groups excluding carboxylic acids is 1. The van der Waals surface area contributed by atoms with Crippen LogP contribution in [0.1, 0.15) is 15.9 Å². The van der Waals surface area contributed by atoms with Crippen molar-refractivity contribution in [3.63, 3.8) is 0 Å². The summed E-state index contributed by atoms with van der Waals surface area (Å²) in [6.45, 7) is 0.555. The Kier molecular flexibility index (Phi) is 2.60. The summed E-state index contributed by atoms with van der Waals surface area (Å²) < 4.78 is 10.7. The van der Waals surface area contributed by atoms with Gasteiger partial charge in [0, 0.05) is 19.1 Å². The molecule has 0 saturated carbocycles. The lowest BCUT2D eigenvalue weighted by atomic mass is 10.0. The molecule has 15 heavy (non-hydrogen) atoms. The third-order valence-electron chi connectivity index (χ3n) is 2.55. The van der Waals surface area contributed by atoms with Gasteiger partial charge in [-0.25, -0.2) is 0 Å². The monoisotopic (exact) mass is 207 g/mol. The number of fused-ring (bicyclic) bond motifs is 1. The smallest absolute Gasteiger partial charge is 0.248 e. The lowest BCUT2D eigenvalue weighted by Crippen LogP contribution is -2.28. The molecular formula is C11H13NO3. The molecule has 0 bridgehead atoms. The molecule has 0 spiro atoms. The average molecular weight is 207 g/mol. The minimum Gasteiger partial charge on any atom is -0.491 e. The molecule has 1 atom stereocenters. The number of rotatable bonds is 2. The number of carbonyl (C=O) groups is 1. The fourth-order valence-electron chi connectivity index (χ4n) is 1.67. The Morgan fingerprint density at radius 3 is 3.07 bits per heavy atom. The molecule has 80 valence electrons. The molecule has 1 aromatic carbocycles. The number of primary amides is 1. The second kappa shape index (κ2) is 3.90. The first kappa shape index (κ1) is 9.98. The van der Waals surface area contributed by atoms with Crippen LogP contribution in [0.3, 0.4) is 0 Å². The van der Waals surface area contributed by atoms with Gasteiger partial charge in [-0.05, 0) is 23.8 Å². The van der Waals surface area contributed by atoms with E-state index in [1.807, 2.05) is 0 Å². The van der Waals surface area contributed by atoms with Crippen molar-refractivity contribution in [1.29, 1.82) is 0 Å². The maximum Gasteiger partial charge on any atom is 0.248 e. The van der Waals surface area contributed by atoms with E-state index in [-0.39, 0.29) is 6.10 Å². The van der Waals surface area contributed by atoms with Crippen LogP contribution in [0.15, 0.2) is 18.2 Å². The molecule has 2 rings (SSSR count). The number of hydrogen-bond acceptors (Lipinski definition) is 3. The second-order valence-corrected chi connectivity index (χ2v) is 3.56. The SMILES string of the molecule is COC1COc2ccc(C(N)=O)cc2C1. The third kappa shape index (κ3) is 1.94. The highest BCUT2D eigenvalue weighted by atomic mass is 16.5. The minimum absolute atomic E-state index is 0.0561. The van der Waals surface area contributed by atoms with Crippen LogP contribution in [-0.2, 0) is 11.2 Å². The first-order chi connectivity index (χ1) is 7.20. The molecule has 2 N–H and O–H groups in total. The average Bonchev–Trinajstić information content (AvgIpc) is 2.27. The van der Waals surface area contributed by atoms with Gasteiger partial charge in [0.2, 0.25) is 5.91 Å². The Bertz CT molecular complexity index is 389. The van der Waals surface area contributed by atoms with Gasteiger partial charge >= 0.3 is 0 Å². The lowest BCUT2D eigenvalue weighted by molar-refractivity contribution is 0.0467. The van der Waals surface area contributed by atoms with Gasteiger partial charge in [0.15, 0.2) is 0 Å². The van der Waals surface area contributed by atoms with Crippen LogP contribution in [0, 0.1) is 0 Å². The first-order valence-electron chi connectivity index (χ1n) is 4.79. The topological polar surface area (TPSA) is 61.6 Å². The van der Waals surface area contributed by atoms with Gasteiger partial charge in [-0.1, -0.05) is 0 Å². The van der Waals surface area contributed by atoms with E-state index in [0.717, 1.165) is 17.7 Å². The summed E-state index contributed by atoms with van der Waals surface area (Å²) >= 11 is 0. The third-order valence-corrected chi connectivity index (χ3v) is 2.55. The van der Waals surface area contributed by atoms with Gasteiger partial charge in [-0.2, -0.15) is 0 Å². The lowest BCUT2D eigenvalue weighted by Gasteiger charge is -2.24. The molecule has 0 aromatic heterocycles. The molecule has 1 heterocycles.